The summed E-state index contributed by atoms with van der Waals surface area (Å²) in [7, 11) is 0. The topological polar surface area (TPSA) is 53.7 Å². The molecule has 1 heterocycles. The van der Waals surface area contributed by atoms with E-state index in [1.54, 1.807) is 24.5 Å². The Morgan fingerprint density at radius 2 is 2.21 bits per heavy atom. The molecule has 0 saturated heterocycles. The second-order valence-corrected chi connectivity index (χ2v) is 4.50. The molecule has 19 heavy (non-hydrogen) atoms. The number of hydrogen-bond acceptors (Lipinski definition) is 3. The van der Waals surface area contributed by atoms with E-state index >= 15 is 0 Å². The zero-order chi connectivity index (χ0) is 13.8. The van der Waals surface area contributed by atoms with Crippen LogP contribution in [0.2, 0.25) is 5.02 Å². The maximum Gasteiger partial charge on any atom is 0.337 e. The molecular formula is C14H14ClNO3. The van der Waals surface area contributed by atoms with Gasteiger partial charge < -0.3 is 14.4 Å². The van der Waals surface area contributed by atoms with Crippen LogP contribution >= 0.6 is 11.6 Å². The summed E-state index contributed by atoms with van der Waals surface area (Å²) in [6.45, 7) is 3.11. The number of aromatic carboxylic acids is 1. The minimum Gasteiger partial charge on any atom is -0.478 e. The van der Waals surface area contributed by atoms with Gasteiger partial charge in [-0.15, -0.1) is 0 Å². The van der Waals surface area contributed by atoms with Crippen LogP contribution in [0.3, 0.4) is 0 Å². The van der Waals surface area contributed by atoms with Crippen LogP contribution in [0.15, 0.2) is 41.0 Å². The highest BCUT2D eigenvalue weighted by Crippen LogP contribution is 2.26. The molecule has 0 aliphatic heterocycles. The molecule has 2 rings (SSSR count). The van der Waals surface area contributed by atoms with Crippen LogP contribution in [0.5, 0.6) is 0 Å². The van der Waals surface area contributed by atoms with E-state index in [0.29, 0.717) is 23.8 Å². The van der Waals surface area contributed by atoms with Crippen LogP contribution in [0.4, 0.5) is 5.69 Å². The third-order valence-electron chi connectivity index (χ3n) is 2.84. The van der Waals surface area contributed by atoms with E-state index < -0.39 is 5.97 Å². The lowest BCUT2D eigenvalue weighted by Gasteiger charge is -2.23. The molecule has 100 valence electrons. The number of hydrogen-bond donors (Lipinski definition) is 1. The Labute approximate surface area is 116 Å². The summed E-state index contributed by atoms with van der Waals surface area (Å²) in [6.07, 6.45) is 1.60. The van der Waals surface area contributed by atoms with Gasteiger partial charge in [0.05, 0.1) is 24.1 Å². The van der Waals surface area contributed by atoms with Crippen molar-refractivity contribution in [3.8, 4) is 0 Å². The third-order valence-corrected chi connectivity index (χ3v) is 3.07. The number of carboxylic acids is 1. The van der Waals surface area contributed by atoms with Crippen LogP contribution < -0.4 is 4.90 Å². The van der Waals surface area contributed by atoms with Crippen molar-refractivity contribution in [1.29, 1.82) is 0 Å². The van der Waals surface area contributed by atoms with Crippen molar-refractivity contribution in [2.75, 3.05) is 11.4 Å². The second kappa shape index (κ2) is 5.80. The summed E-state index contributed by atoms with van der Waals surface area (Å²) in [5, 5.41) is 9.75. The largest absolute Gasteiger partial charge is 0.478 e. The minimum absolute atomic E-state index is 0.234. The fraction of sp³-hybridized carbons (Fsp3) is 0.214. The summed E-state index contributed by atoms with van der Waals surface area (Å²) in [6, 6.07) is 8.42. The Morgan fingerprint density at radius 3 is 2.79 bits per heavy atom. The number of carboxylic acid groups (broad SMARTS) is 1. The van der Waals surface area contributed by atoms with E-state index in [1.807, 2.05) is 17.9 Å². The molecule has 1 aromatic carbocycles. The Bertz CT molecular complexity index is 566. The van der Waals surface area contributed by atoms with Crippen molar-refractivity contribution in [2.24, 2.45) is 0 Å². The van der Waals surface area contributed by atoms with Crippen LogP contribution in [-0.4, -0.2) is 17.6 Å². The van der Waals surface area contributed by atoms with Gasteiger partial charge in [-0.2, -0.15) is 0 Å². The fourth-order valence-corrected chi connectivity index (χ4v) is 2.07. The summed E-state index contributed by atoms with van der Waals surface area (Å²) >= 11 is 5.96. The molecule has 1 aromatic heterocycles. The number of benzene rings is 1. The van der Waals surface area contributed by atoms with Gasteiger partial charge in [-0.1, -0.05) is 11.6 Å². The van der Waals surface area contributed by atoms with Gasteiger partial charge in [0.25, 0.3) is 0 Å². The predicted molar refractivity (Wildman–Crippen MR) is 73.8 cm³/mol. The van der Waals surface area contributed by atoms with Crippen molar-refractivity contribution >= 4 is 23.3 Å². The zero-order valence-corrected chi connectivity index (χ0v) is 11.2. The van der Waals surface area contributed by atoms with Crippen molar-refractivity contribution in [2.45, 2.75) is 13.5 Å². The van der Waals surface area contributed by atoms with Crippen molar-refractivity contribution < 1.29 is 14.3 Å². The first-order valence-corrected chi connectivity index (χ1v) is 6.29. The molecule has 0 atom stereocenters. The van der Waals surface area contributed by atoms with Gasteiger partial charge in [-0.3, -0.25) is 0 Å². The summed E-state index contributed by atoms with van der Waals surface area (Å²) in [4.78, 5) is 13.2. The number of furan rings is 1. The van der Waals surface area contributed by atoms with Crippen molar-refractivity contribution in [1.82, 2.24) is 0 Å². The third kappa shape index (κ3) is 3.09. The molecule has 4 nitrogen and oxygen atoms in total. The molecule has 0 amide bonds. The van der Waals surface area contributed by atoms with E-state index in [9.17, 15) is 9.90 Å². The van der Waals surface area contributed by atoms with Gasteiger partial charge in [0, 0.05) is 11.6 Å². The molecule has 0 aliphatic carbocycles. The quantitative estimate of drug-likeness (QED) is 0.907. The Balaban J connectivity index is 2.36. The maximum atomic E-state index is 11.3. The molecule has 0 unspecified atom stereocenters. The van der Waals surface area contributed by atoms with Gasteiger partial charge in [-0.05, 0) is 37.3 Å². The van der Waals surface area contributed by atoms with Gasteiger partial charge in [-0.25, -0.2) is 4.79 Å². The predicted octanol–water partition coefficient (Wildman–Crippen LogP) is 3.66. The molecule has 5 heteroatoms. The van der Waals surface area contributed by atoms with Gasteiger partial charge in [0.2, 0.25) is 0 Å². The van der Waals surface area contributed by atoms with Gasteiger partial charge in [0.1, 0.15) is 5.76 Å². The Kier molecular flexibility index (Phi) is 4.12. The number of halogens is 1. The van der Waals surface area contributed by atoms with E-state index in [1.165, 1.54) is 6.07 Å². The Hall–Kier alpha value is -1.94. The summed E-state index contributed by atoms with van der Waals surface area (Å²) < 4.78 is 5.30. The molecular weight excluding hydrogens is 266 g/mol. The molecule has 0 aliphatic rings. The molecule has 0 bridgehead atoms. The fourth-order valence-electron chi connectivity index (χ4n) is 1.91. The van der Waals surface area contributed by atoms with E-state index in [2.05, 4.69) is 0 Å². The minimum atomic E-state index is -0.968. The first kappa shape index (κ1) is 13.5. The van der Waals surface area contributed by atoms with Crippen molar-refractivity contribution in [3.63, 3.8) is 0 Å². The number of rotatable bonds is 5. The number of nitrogens with zero attached hydrogens (tertiary/aromatic N) is 1. The molecule has 0 fully saturated rings. The smallest absolute Gasteiger partial charge is 0.337 e. The van der Waals surface area contributed by atoms with Crippen LogP contribution in [0, 0.1) is 0 Å². The van der Waals surface area contributed by atoms with E-state index in [4.69, 9.17) is 16.0 Å². The Morgan fingerprint density at radius 1 is 1.42 bits per heavy atom. The first-order chi connectivity index (χ1) is 9.11. The number of carbonyl (C=O) groups is 1. The number of anilines is 1. The average Bonchev–Trinajstić information content (AvgIpc) is 2.88. The molecule has 0 saturated carbocycles. The molecule has 2 aromatic rings. The lowest BCUT2D eigenvalue weighted by atomic mass is 10.1. The SMILES string of the molecule is CCN(Cc1ccco1)c1cc(Cl)ccc1C(=O)O. The van der Waals surface area contributed by atoms with E-state index in [-0.39, 0.29) is 5.56 Å². The van der Waals surface area contributed by atoms with Crippen LogP contribution in [0.25, 0.3) is 0 Å². The highest BCUT2D eigenvalue weighted by molar-refractivity contribution is 6.31. The van der Waals surface area contributed by atoms with Crippen LogP contribution in [0.1, 0.15) is 23.0 Å². The molecule has 1 N–H and O–H groups in total. The normalized spacial score (nSPS) is 10.4. The highest BCUT2D eigenvalue weighted by Gasteiger charge is 2.16. The summed E-state index contributed by atoms with van der Waals surface area (Å²) in [5.74, 6) is -0.192. The molecule has 0 radical (unpaired) electrons. The van der Waals surface area contributed by atoms with Crippen molar-refractivity contribution in [3.05, 3.63) is 52.9 Å². The summed E-state index contributed by atoms with van der Waals surface area (Å²) in [5.41, 5.74) is 0.830. The maximum absolute atomic E-state index is 11.3. The lowest BCUT2D eigenvalue weighted by Crippen LogP contribution is -2.24. The first-order valence-electron chi connectivity index (χ1n) is 5.92. The standard InChI is InChI=1S/C14H14ClNO3/c1-2-16(9-11-4-3-7-19-11)13-8-10(15)5-6-12(13)14(17)18/h3-8H,2,9H2,1H3,(H,17,18). The molecule has 0 spiro atoms. The monoisotopic (exact) mass is 279 g/mol. The average molecular weight is 280 g/mol. The lowest BCUT2D eigenvalue weighted by molar-refractivity contribution is 0.0697. The van der Waals surface area contributed by atoms with E-state index in [0.717, 1.165) is 5.76 Å². The van der Waals surface area contributed by atoms with Gasteiger partial charge in [0.15, 0.2) is 0 Å². The zero-order valence-electron chi connectivity index (χ0n) is 10.5. The van der Waals surface area contributed by atoms with Gasteiger partial charge >= 0.3 is 5.97 Å². The van der Waals surface area contributed by atoms with Crippen LogP contribution in [-0.2, 0) is 6.54 Å². The second-order valence-electron chi connectivity index (χ2n) is 4.06. The highest BCUT2D eigenvalue weighted by atomic mass is 35.5.